The van der Waals surface area contributed by atoms with Gasteiger partial charge in [0.05, 0.1) is 0 Å². The van der Waals surface area contributed by atoms with Gasteiger partial charge < -0.3 is 4.90 Å². The second kappa shape index (κ2) is 7.05. The summed E-state index contributed by atoms with van der Waals surface area (Å²) in [5.74, 6) is 0.689. The summed E-state index contributed by atoms with van der Waals surface area (Å²) >= 11 is 0. The van der Waals surface area contributed by atoms with Gasteiger partial charge in [0, 0.05) is 6.04 Å². The monoisotopic (exact) mass is 211 g/mol. The molecule has 0 aliphatic heterocycles. The molecule has 1 atom stereocenters. The summed E-state index contributed by atoms with van der Waals surface area (Å²) in [5.41, 5.74) is 3.15. The summed E-state index contributed by atoms with van der Waals surface area (Å²) in [4.78, 5) is 2.46. The van der Waals surface area contributed by atoms with Crippen molar-refractivity contribution in [3.8, 4) is 0 Å². The molecule has 1 nitrogen and oxygen atoms in total. The molecular formula is C14H29N. The molecule has 0 heterocycles. The van der Waals surface area contributed by atoms with E-state index in [1.807, 2.05) is 0 Å². The Morgan fingerprint density at radius 3 is 1.93 bits per heavy atom. The molecule has 0 spiro atoms. The lowest BCUT2D eigenvalue weighted by molar-refractivity contribution is 0.242. The van der Waals surface area contributed by atoms with Gasteiger partial charge in [-0.1, -0.05) is 38.8 Å². The summed E-state index contributed by atoms with van der Waals surface area (Å²) in [6.07, 6.45) is 2.48. The molecule has 0 rings (SSSR count). The van der Waals surface area contributed by atoms with Crippen molar-refractivity contribution in [1.29, 1.82) is 0 Å². The summed E-state index contributed by atoms with van der Waals surface area (Å²) in [6.45, 7) is 14.8. The Bertz CT molecular complexity index is 199. The summed E-state index contributed by atoms with van der Waals surface area (Å²) in [5, 5.41) is 0. The van der Waals surface area contributed by atoms with Crippen LogP contribution >= 0.6 is 0 Å². The predicted molar refractivity (Wildman–Crippen MR) is 70.2 cm³/mol. The van der Waals surface area contributed by atoms with Crippen molar-refractivity contribution in [1.82, 2.24) is 4.90 Å². The molecule has 0 saturated carbocycles. The van der Waals surface area contributed by atoms with Crippen LogP contribution in [0.5, 0.6) is 0 Å². The first-order valence-corrected chi connectivity index (χ1v) is 6.30. The maximum absolute atomic E-state index is 2.46. The minimum atomic E-state index is 0.689. The molecule has 90 valence electrons. The quantitative estimate of drug-likeness (QED) is 0.598. The zero-order valence-electron chi connectivity index (χ0n) is 11.7. The second-order valence-corrected chi connectivity index (χ2v) is 5.02. The first kappa shape index (κ1) is 14.7. The van der Waals surface area contributed by atoms with Crippen molar-refractivity contribution in [2.24, 2.45) is 5.92 Å². The van der Waals surface area contributed by atoms with E-state index in [0.717, 1.165) is 6.54 Å². The Morgan fingerprint density at radius 2 is 1.67 bits per heavy atom. The lowest BCUT2D eigenvalue weighted by atomic mass is 9.91. The lowest BCUT2D eigenvalue weighted by Crippen LogP contribution is -2.31. The van der Waals surface area contributed by atoms with E-state index in [2.05, 4.69) is 53.5 Å². The Balaban J connectivity index is 4.58. The van der Waals surface area contributed by atoms with Gasteiger partial charge in [0.2, 0.25) is 0 Å². The number of hydrogen-bond donors (Lipinski definition) is 0. The minimum Gasteiger partial charge on any atom is -0.303 e. The molecule has 0 saturated heterocycles. The van der Waals surface area contributed by atoms with Crippen LogP contribution in [-0.4, -0.2) is 24.5 Å². The molecule has 1 unspecified atom stereocenters. The molecule has 0 radical (unpaired) electrons. The highest BCUT2D eigenvalue weighted by Gasteiger charge is 2.15. The predicted octanol–water partition coefficient (Wildman–Crippen LogP) is 4.10. The van der Waals surface area contributed by atoms with Crippen LogP contribution in [0.4, 0.5) is 0 Å². The number of hydrogen-bond acceptors (Lipinski definition) is 1. The molecule has 0 amide bonds. The fourth-order valence-electron chi connectivity index (χ4n) is 2.14. The topological polar surface area (TPSA) is 3.24 Å². The van der Waals surface area contributed by atoms with Gasteiger partial charge in [-0.05, 0) is 46.2 Å². The Kier molecular flexibility index (Phi) is 6.91. The van der Waals surface area contributed by atoms with Crippen molar-refractivity contribution < 1.29 is 0 Å². The molecule has 15 heavy (non-hydrogen) atoms. The van der Waals surface area contributed by atoms with E-state index in [9.17, 15) is 0 Å². The van der Waals surface area contributed by atoms with Crippen LogP contribution in [0.15, 0.2) is 11.1 Å². The average molecular weight is 211 g/mol. The molecule has 0 aliphatic carbocycles. The van der Waals surface area contributed by atoms with E-state index in [0.29, 0.717) is 12.0 Å². The highest BCUT2D eigenvalue weighted by atomic mass is 15.1. The van der Waals surface area contributed by atoms with E-state index in [1.165, 1.54) is 18.4 Å². The smallest absolute Gasteiger partial charge is 0.0127 e. The molecule has 0 aliphatic rings. The van der Waals surface area contributed by atoms with Gasteiger partial charge in [-0.2, -0.15) is 0 Å². The van der Waals surface area contributed by atoms with Gasteiger partial charge in [0.1, 0.15) is 0 Å². The number of allylic oxidation sites excluding steroid dienone is 1. The largest absolute Gasteiger partial charge is 0.303 e. The number of rotatable bonds is 6. The number of nitrogens with zero attached hydrogens (tertiary/aromatic N) is 1. The van der Waals surface area contributed by atoms with Crippen molar-refractivity contribution in [2.75, 3.05) is 13.6 Å². The third-order valence-corrected chi connectivity index (χ3v) is 3.39. The van der Waals surface area contributed by atoms with E-state index in [4.69, 9.17) is 0 Å². The Hall–Kier alpha value is -0.300. The Labute approximate surface area is 96.6 Å². The fraction of sp³-hybridized carbons (Fsp3) is 0.857. The molecule has 0 aromatic carbocycles. The fourth-order valence-corrected chi connectivity index (χ4v) is 2.14. The van der Waals surface area contributed by atoms with Crippen LogP contribution in [0.1, 0.15) is 54.4 Å². The van der Waals surface area contributed by atoms with Crippen molar-refractivity contribution >= 4 is 0 Å². The van der Waals surface area contributed by atoms with Crippen molar-refractivity contribution in [3.05, 3.63) is 11.1 Å². The van der Waals surface area contributed by atoms with Gasteiger partial charge in [-0.15, -0.1) is 0 Å². The molecule has 0 aromatic rings. The van der Waals surface area contributed by atoms with Crippen LogP contribution in [-0.2, 0) is 0 Å². The van der Waals surface area contributed by atoms with Crippen LogP contribution in [0, 0.1) is 5.92 Å². The minimum absolute atomic E-state index is 0.689. The van der Waals surface area contributed by atoms with Crippen molar-refractivity contribution in [2.45, 2.75) is 60.4 Å². The standard InChI is InChI=1S/C14H29N/c1-8-13(15(7)9-2)10-14(11(3)4)12(5)6/h11,13H,8-10H2,1-7H3. The maximum Gasteiger partial charge on any atom is 0.0127 e. The van der Waals surface area contributed by atoms with Crippen LogP contribution < -0.4 is 0 Å². The van der Waals surface area contributed by atoms with Crippen LogP contribution in [0.25, 0.3) is 0 Å². The molecule has 1 heteroatoms. The van der Waals surface area contributed by atoms with Gasteiger partial charge >= 0.3 is 0 Å². The lowest BCUT2D eigenvalue weighted by Gasteiger charge is -2.28. The van der Waals surface area contributed by atoms with Gasteiger partial charge in [-0.25, -0.2) is 0 Å². The molecule has 0 aromatic heterocycles. The van der Waals surface area contributed by atoms with Gasteiger partial charge in [0.15, 0.2) is 0 Å². The molecule has 0 bridgehead atoms. The van der Waals surface area contributed by atoms with Crippen LogP contribution in [0.2, 0.25) is 0 Å². The van der Waals surface area contributed by atoms with E-state index < -0.39 is 0 Å². The van der Waals surface area contributed by atoms with Crippen molar-refractivity contribution in [3.63, 3.8) is 0 Å². The van der Waals surface area contributed by atoms with Gasteiger partial charge in [-0.3, -0.25) is 0 Å². The SMILES string of the molecule is CCC(CC(=C(C)C)C(C)C)N(C)CC. The summed E-state index contributed by atoms with van der Waals surface area (Å²) in [6, 6.07) is 0.710. The molecule has 0 fully saturated rings. The van der Waals surface area contributed by atoms with E-state index in [-0.39, 0.29) is 0 Å². The van der Waals surface area contributed by atoms with E-state index >= 15 is 0 Å². The normalized spacial score (nSPS) is 13.4. The third-order valence-electron chi connectivity index (χ3n) is 3.39. The van der Waals surface area contributed by atoms with Crippen LogP contribution in [0.3, 0.4) is 0 Å². The molecule has 0 N–H and O–H groups in total. The zero-order valence-corrected chi connectivity index (χ0v) is 11.7. The van der Waals surface area contributed by atoms with E-state index in [1.54, 1.807) is 5.57 Å². The summed E-state index contributed by atoms with van der Waals surface area (Å²) in [7, 11) is 2.23. The third kappa shape index (κ3) is 4.83. The highest BCUT2D eigenvalue weighted by Crippen LogP contribution is 2.23. The summed E-state index contributed by atoms with van der Waals surface area (Å²) < 4.78 is 0. The first-order valence-electron chi connectivity index (χ1n) is 6.30. The maximum atomic E-state index is 2.46. The Morgan fingerprint density at radius 1 is 1.13 bits per heavy atom. The second-order valence-electron chi connectivity index (χ2n) is 5.02. The van der Waals surface area contributed by atoms with Gasteiger partial charge in [0.25, 0.3) is 0 Å². The zero-order chi connectivity index (χ0) is 12.0. The molecular weight excluding hydrogens is 182 g/mol. The average Bonchev–Trinajstić information content (AvgIpc) is 2.17. The highest BCUT2D eigenvalue weighted by molar-refractivity contribution is 5.13. The first-order chi connectivity index (χ1) is 6.93.